The largest absolute Gasteiger partial charge is 0.497 e. The van der Waals surface area contributed by atoms with Crippen LogP contribution in [0.3, 0.4) is 0 Å². The monoisotopic (exact) mass is 1120 g/mol. The molecule has 6 rings (SSSR count). The standard InChI is InChI=1S/C26H38N2O7S.C15H21NO3.C11H17NO4S.C4H8O/c1-7-19(2)35-28(36(31,32)22-15-13-21(33-6)14-16-22)18-24(29)23(17-20-11-9-8-10-12-20)27-25(30)34-26(3,4)5;1-15(2,3)19-14(17)16-12(13-10-18-13)9-11-7-5-4-6-8-11;1-4-9(2)16-12-17(13,14)11-7-5-10(15-3)6-8-11;1-2-4-5-3-1/h8-16,19,23-24,29H,7,17-18H2,1-6H3,(H,27,30);4-8,12-13H,9-10H2,1-3H3,(H,16,17);5-9,12H,4H2,1-3H3;1-4H2/t19?,23-,24+;;;/m0.../s1. The SMILES string of the molecule is C1CCOC1.CC(C)(C)OC(=O)NC(Cc1ccccc1)C1CO1.CCC(C)ON(C[C@@H](O)[C@H](Cc1ccccc1)NC(=O)OC(C)(C)C)S(=O)(=O)c1ccc(OC)cc1.CCC(C)ONS(=O)(=O)c1ccc(OC)cc1. The number of methoxy groups -OCH3 is 2. The predicted octanol–water partition coefficient (Wildman–Crippen LogP) is 8.93. The molecule has 0 aliphatic carbocycles. The number of amides is 2. The Morgan fingerprint density at radius 3 is 1.55 bits per heavy atom. The van der Waals surface area contributed by atoms with Crippen LogP contribution in [0, 0.1) is 0 Å². The van der Waals surface area contributed by atoms with Crippen molar-refractivity contribution in [3.8, 4) is 11.5 Å². The predicted molar refractivity (Wildman–Crippen MR) is 294 cm³/mol. The van der Waals surface area contributed by atoms with Crippen LogP contribution < -0.4 is 25.0 Å². The zero-order valence-corrected chi connectivity index (χ0v) is 48.5. The van der Waals surface area contributed by atoms with Gasteiger partial charge < -0.3 is 44.2 Å². The van der Waals surface area contributed by atoms with Crippen molar-refractivity contribution in [1.29, 1.82) is 0 Å². The van der Waals surface area contributed by atoms with Crippen molar-refractivity contribution >= 4 is 32.2 Å². The summed E-state index contributed by atoms with van der Waals surface area (Å²) in [6, 6.07) is 30.4. The van der Waals surface area contributed by atoms with E-state index in [0.717, 1.165) is 36.1 Å². The number of hydroxylamine groups is 1. The minimum absolute atomic E-state index is 0.0153. The molecule has 0 radical (unpaired) electrons. The highest BCUT2D eigenvalue weighted by molar-refractivity contribution is 7.89. The minimum Gasteiger partial charge on any atom is -0.497 e. The summed E-state index contributed by atoms with van der Waals surface area (Å²) in [6.07, 6.45) is 1.94. The van der Waals surface area contributed by atoms with Gasteiger partial charge in [0.05, 0.1) is 67.6 Å². The Labute approximate surface area is 457 Å². The summed E-state index contributed by atoms with van der Waals surface area (Å²) in [5.41, 5.74) is 0.811. The molecule has 2 amide bonds. The van der Waals surface area contributed by atoms with Gasteiger partial charge in [0.2, 0.25) is 0 Å². The number of nitrogens with zero attached hydrogens (tertiary/aromatic N) is 1. The Balaban J connectivity index is 0.000000316. The molecule has 0 bridgehead atoms. The van der Waals surface area contributed by atoms with E-state index in [1.54, 1.807) is 46.8 Å². The molecule has 21 heteroatoms. The molecule has 19 nitrogen and oxygen atoms in total. The summed E-state index contributed by atoms with van der Waals surface area (Å²) in [5, 5.41) is 16.8. The maximum absolute atomic E-state index is 13.4. The fraction of sp³-hybridized carbons (Fsp3) is 0.536. The third kappa shape index (κ3) is 26.2. The number of alkyl carbamates (subject to hydrolysis) is 2. The highest BCUT2D eigenvalue weighted by Crippen LogP contribution is 2.24. The fourth-order valence-corrected chi connectivity index (χ4v) is 8.87. The Kier molecular flexibility index (Phi) is 27.8. The highest BCUT2D eigenvalue weighted by atomic mass is 32.2. The molecule has 77 heavy (non-hydrogen) atoms. The second-order valence-corrected chi connectivity index (χ2v) is 23.7. The summed E-state index contributed by atoms with van der Waals surface area (Å²) in [5.74, 6) is 1.11. The first-order valence-corrected chi connectivity index (χ1v) is 28.8. The maximum Gasteiger partial charge on any atom is 0.407 e. The van der Waals surface area contributed by atoms with Gasteiger partial charge in [-0.15, -0.1) is 0 Å². The fourth-order valence-electron chi connectivity index (χ4n) is 6.66. The van der Waals surface area contributed by atoms with Crippen LogP contribution in [0.25, 0.3) is 0 Å². The quantitative estimate of drug-likeness (QED) is 0.0424. The van der Waals surface area contributed by atoms with Gasteiger partial charge in [0.15, 0.2) is 0 Å². The summed E-state index contributed by atoms with van der Waals surface area (Å²) >= 11 is 0. The molecule has 2 aliphatic heterocycles. The van der Waals surface area contributed by atoms with E-state index in [0.29, 0.717) is 24.5 Å². The second-order valence-electron chi connectivity index (χ2n) is 20.2. The molecule has 6 atom stereocenters. The highest BCUT2D eigenvalue weighted by Gasteiger charge is 2.36. The van der Waals surface area contributed by atoms with Crippen molar-refractivity contribution < 1.29 is 69.6 Å². The van der Waals surface area contributed by atoms with Crippen LogP contribution >= 0.6 is 0 Å². The zero-order valence-electron chi connectivity index (χ0n) is 46.9. The van der Waals surface area contributed by atoms with Crippen LogP contribution in [0.15, 0.2) is 119 Å². The van der Waals surface area contributed by atoms with Crippen LogP contribution in [0.1, 0.15) is 106 Å². The molecule has 2 heterocycles. The molecular formula is C56H84N4O15S2. The first-order chi connectivity index (χ1) is 36.3. The number of hydrogen-bond acceptors (Lipinski definition) is 15. The lowest BCUT2D eigenvalue weighted by molar-refractivity contribution is -0.142. The molecule has 4 N–H and O–H groups in total. The van der Waals surface area contributed by atoms with E-state index in [9.17, 15) is 31.5 Å². The van der Waals surface area contributed by atoms with E-state index in [1.807, 2.05) is 95.3 Å². The van der Waals surface area contributed by atoms with Crippen molar-refractivity contribution in [3.05, 3.63) is 120 Å². The molecule has 0 saturated carbocycles. The number of benzene rings is 4. The summed E-state index contributed by atoms with van der Waals surface area (Å²) < 4.78 is 82.2. The summed E-state index contributed by atoms with van der Waals surface area (Å²) in [7, 11) is -4.75. The molecule has 2 fully saturated rings. The lowest BCUT2D eigenvalue weighted by Crippen LogP contribution is -2.51. The summed E-state index contributed by atoms with van der Waals surface area (Å²) in [4.78, 5) is 37.3. The van der Waals surface area contributed by atoms with Crippen molar-refractivity contribution in [1.82, 2.24) is 20.0 Å². The smallest absolute Gasteiger partial charge is 0.407 e. The van der Waals surface area contributed by atoms with Crippen LogP contribution in [-0.2, 0) is 61.5 Å². The number of carbonyl (C=O) groups excluding carboxylic acids is 2. The third-order valence-electron chi connectivity index (χ3n) is 11.2. The average molecular weight is 1120 g/mol. The van der Waals surface area contributed by atoms with E-state index in [4.69, 9.17) is 38.1 Å². The molecular weight excluding hydrogens is 1030 g/mol. The molecule has 430 valence electrons. The molecule has 4 unspecified atom stereocenters. The van der Waals surface area contributed by atoms with Gasteiger partial charge in [-0.3, -0.25) is 9.68 Å². The second kappa shape index (κ2) is 32.5. The Morgan fingerprint density at radius 1 is 0.675 bits per heavy atom. The van der Waals surface area contributed by atoms with Gasteiger partial charge in [-0.25, -0.2) is 26.4 Å². The van der Waals surface area contributed by atoms with Gasteiger partial charge >= 0.3 is 12.2 Å². The molecule has 0 spiro atoms. The molecule has 4 aromatic rings. The van der Waals surface area contributed by atoms with Crippen molar-refractivity contribution in [2.45, 2.75) is 165 Å². The van der Waals surface area contributed by atoms with Crippen molar-refractivity contribution in [2.24, 2.45) is 0 Å². The molecule has 2 aliphatic rings. The first kappa shape index (κ1) is 65.9. The lowest BCUT2D eigenvalue weighted by Gasteiger charge is -2.31. The van der Waals surface area contributed by atoms with Crippen LogP contribution in [0.2, 0.25) is 0 Å². The number of hydrogen-bond donors (Lipinski definition) is 4. The number of nitrogens with one attached hydrogen (secondary N) is 3. The Hall–Kier alpha value is -5.36. The number of aliphatic hydroxyl groups excluding tert-OH is 1. The number of epoxide rings is 1. The zero-order chi connectivity index (χ0) is 57.2. The van der Waals surface area contributed by atoms with Gasteiger partial charge in [0.25, 0.3) is 20.0 Å². The number of carbonyl (C=O) groups is 2. The number of sulfonamides is 2. The lowest BCUT2D eigenvalue weighted by atomic mass is 10.0. The minimum atomic E-state index is -4.14. The van der Waals surface area contributed by atoms with Crippen molar-refractivity contribution in [3.63, 3.8) is 0 Å². The van der Waals surface area contributed by atoms with Crippen LogP contribution in [-0.4, -0.2) is 127 Å². The average Bonchev–Trinajstić information content (AvgIpc) is 4.06. The van der Waals surface area contributed by atoms with Gasteiger partial charge in [-0.05, 0) is 154 Å². The van der Waals surface area contributed by atoms with E-state index in [-0.39, 0.29) is 40.6 Å². The van der Waals surface area contributed by atoms with E-state index >= 15 is 0 Å². The molecule has 4 aromatic carbocycles. The van der Waals surface area contributed by atoms with Gasteiger partial charge in [-0.2, -0.15) is 0 Å². The maximum atomic E-state index is 13.4. The van der Waals surface area contributed by atoms with E-state index in [2.05, 4.69) is 15.5 Å². The number of aliphatic hydroxyl groups is 1. The topological polar surface area (TPSA) is 239 Å². The molecule has 0 aromatic heterocycles. The first-order valence-electron chi connectivity index (χ1n) is 25.9. The van der Waals surface area contributed by atoms with Crippen molar-refractivity contribution in [2.75, 3.05) is 40.6 Å². The van der Waals surface area contributed by atoms with Gasteiger partial charge in [-0.1, -0.05) is 83.9 Å². The Bertz CT molecular complexity index is 2510. The van der Waals surface area contributed by atoms with Gasteiger partial charge in [0.1, 0.15) is 28.8 Å². The molecule has 2 saturated heterocycles. The number of rotatable bonds is 22. The summed E-state index contributed by atoms with van der Waals surface area (Å²) in [6.45, 7) is 20.4. The number of ether oxygens (including phenoxy) is 6. The van der Waals surface area contributed by atoms with E-state index < -0.39 is 62.1 Å². The van der Waals surface area contributed by atoms with Crippen LogP contribution in [0.5, 0.6) is 11.5 Å². The van der Waals surface area contributed by atoms with Crippen LogP contribution in [0.4, 0.5) is 9.59 Å². The Morgan fingerprint density at radius 2 is 1.13 bits per heavy atom. The van der Waals surface area contributed by atoms with E-state index in [1.165, 1.54) is 69.0 Å². The third-order valence-corrected chi connectivity index (χ3v) is 14.1. The normalized spacial score (nSPS) is 16.2. The van der Waals surface area contributed by atoms with Gasteiger partial charge in [0, 0.05) is 13.2 Å².